The van der Waals surface area contributed by atoms with Gasteiger partial charge in [-0.2, -0.15) is 0 Å². The molecule has 0 spiro atoms. The predicted octanol–water partition coefficient (Wildman–Crippen LogP) is 3.83. The van der Waals surface area contributed by atoms with Crippen molar-refractivity contribution in [3.8, 4) is 11.5 Å². The molecule has 0 aliphatic heterocycles. The van der Waals surface area contributed by atoms with Gasteiger partial charge in [-0.1, -0.05) is 25.1 Å². The van der Waals surface area contributed by atoms with Crippen molar-refractivity contribution in [2.24, 2.45) is 4.99 Å². The number of ether oxygens (including phenoxy) is 2. The molecule has 31 heavy (non-hydrogen) atoms. The fourth-order valence-electron chi connectivity index (χ4n) is 3.08. The highest BCUT2D eigenvalue weighted by atomic mass is 127. The molecule has 0 radical (unpaired) electrons. The fourth-order valence-corrected chi connectivity index (χ4v) is 3.08. The molecule has 1 aromatic carbocycles. The Morgan fingerprint density at radius 3 is 2.58 bits per heavy atom. The first-order valence-corrected chi connectivity index (χ1v) is 10.5. The number of aliphatic hydroxyl groups excluding tert-OH is 1. The number of halogens is 1. The highest BCUT2D eigenvalue weighted by molar-refractivity contribution is 14.0. The second-order valence-electron chi connectivity index (χ2n) is 6.84. The third kappa shape index (κ3) is 8.56. The van der Waals surface area contributed by atoms with E-state index in [0.29, 0.717) is 36.5 Å². The molecule has 3 N–H and O–H groups in total. The van der Waals surface area contributed by atoms with E-state index in [-0.39, 0.29) is 37.2 Å². The standard InChI is InChI=1S/C22H34N4O4.HI/c1-5-17(6-2)19-13-18(30-26-19)15-25-22(23-7-3)24-14-16-8-9-20(29-11-10-27)21(12-16)28-4;/h8-9,12-13,17,27H,5-7,10-11,14-15H2,1-4H3,(H2,23,24,25);1H. The topological polar surface area (TPSA) is 101 Å². The summed E-state index contributed by atoms with van der Waals surface area (Å²) in [4.78, 5) is 4.64. The van der Waals surface area contributed by atoms with E-state index in [4.69, 9.17) is 19.1 Å². The number of hydrogen-bond donors (Lipinski definition) is 3. The van der Waals surface area contributed by atoms with Crippen LogP contribution in [0.25, 0.3) is 0 Å². The number of hydrogen-bond acceptors (Lipinski definition) is 6. The van der Waals surface area contributed by atoms with Gasteiger partial charge in [0.2, 0.25) is 0 Å². The lowest BCUT2D eigenvalue weighted by Gasteiger charge is -2.12. The lowest BCUT2D eigenvalue weighted by Crippen LogP contribution is -2.36. The molecule has 2 rings (SSSR count). The van der Waals surface area contributed by atoms with Crippen LogP contribution in [-0.4, -0.2) is 43.1 Å². The van der Waals surface area contributed by atoms with Crippen molar-refractivity contribution in [3.63, 3.8) is 0 Å². The van der Waals surface area contributed by atoms with Crippen LogP contribution in [0.4, 0.5) is 0 Å². The summed E-state index contributed by atoms with van der Waals surface area (Å²) in [7, 11) is 1.59. The first-order chi connectivity index (χ1) is 14.6. The van der Waals surface area contributed by atoms with E-state index in [0.717, 1.165) is 36.4 Å². The van der Waals surface area contributed by atoms with Gasteiger partial charge in [0.05, 0.1) is 32.5 Å². The Balaban J connectivity index is 0.00000480. The van der Waals surface area contributed by atoms with Gasteiger partial charge in [-0.25, -0.2) is 4.99 Å². The van der Waals surface area contributed by atoms with Crippen molar-refractivity contribution >= 4 is 29.9 Å². The van der Waals surface area contributed by atoms with Crippen LogP contribution >= 0.6 is 24.0 Å². The number of aliphatic imine (C=N–C) groups is 1. The van der Waals surface area contributed by atoms with Gasteiger partial charge in [-0.3, -0.25) is 0 Å². The minimum Gasteiger partial charge on any atom is -0.493 e. The first-order valence-electron chi connectivity index (χ1n) is 10.5. The van der Waals surface area contributed by atoms with Gasteiger partial charge in [0.25, 0.3) is 0 Å². The summed E-state index contributed by atoms with van der Waals surface area (Å²) in [5.41, 5.74) is 1.99. The minimum absolute atomic E-state index is 0. The van der Waals surface area contributed by atoms with Crippen molar-refractivity contribution in [2.75, 3.05) is 26.9 Å². The zero-order chi connectivity index (χ0) is 21.8. The van der Waals surface area contributed by atoms with E-state index in [1.54, 1.807) is 7.11 Å². The number of benzene rings is 1. The van der Waals surface area contributed by atoms with Crippen molar-refractivity contribution in [1.29, 1.82) is 0 Å². The lowest BCUT2D eigenvalue weighted by atomic mass is 9.99. The molecular weight excluding hydrogens is 511 g/mol. The normalized spacial score (nSPS) is 11.2. The third-order valence-corrected chi connectivity index (χ3v) is 4.75. The molecule has 9 heteroatoms. The van der Waals surface area contributed by atoms with Gasteiger partial charge >= 0.3 is 0 Å². The summed E-state index contributed by atoms with van der Waals surface area (Å²) >= 11 is 0. The van der Waals surface area contributed by atoms with Crippen molar-refractivity contribution in [1.82, 2.24) is 15.8 Å². The molecule has 0 atom stereocenters. The van der Waals surface area contributed by atoms with E-state index >= 15 is 0 Å². The Morgan fingerprint density at radius 1 is 1.16 bits per heavy atom. The van der Waals surface area contributed by atoms with E-state index in [1.807, 2.05) is 31.2 Å². The van der Waals surface area contributed by atoms with Crippen LogP contribution in [-0.2, 0) is 13.1 Å². The Bertz CT molecular complexity index is 794. The van der Waals surface area contributed by atoms with Crippen LogP contribution in [0.1, 0.15) is 56.5 Å². The Labute approximate surface area is 201 Å². The number of nitrogens with zero attached hydrogens (tertiary/aromatic N) is 2. The molecule has 0 bridgehead atoms. The van der Waals surface area contributed by atoms with Gasteiger partial charge in [-0.15, -0.1) is 24.0 Å². The molecule has 0 unspecified atom stereocenters. The van der Waals surface area contributed by atoms with Crippen LogP contribution in [0.5, 0.6) is 11.5 Å². The van der Waals surface area contributed by atoms with Crippen LogP contribution in [0.2, 0.25) is 0 Å². The SMILES string of the molecule is CCNC(=NCc1ccc(OCCO)c(OC)c1)NCc1cc(C(CC)CC)no1.I. The summed E-state index contributed by atoms with van der Waals surface area (Å²) in [6, 6.07) is 7.66. The van der Waals surface area contributed by atoms with Gasteiger partial charge in [-0.05, 0) is 37.5 Å². The van der Waals surface area contributed by atoms with Gasteiger partial charge in [0.1, 0.15) is 6.61 Å². The molecule has 1 heterocycles. The van der Waals surface area contributed by atoms with Gasteiger partial charge < -0.3 is 29.7 Å². The zero-order valence-electron chi connectivity index (χ0n) is 18.8. The molecule has 0 aliphatic rings. The van der Waals surface area contributed by atoms with Gasteiger partial charge in [0.15, 0.2) is 23.2 Å². The largest absolute Gasteiger partial charge is 0.493 e. The summed E-state index contributed by atoms with van der Waals surface area (Å²) in [6.07, 6.45) is 2.10. The second-order valence-corrected chi connectivity index (χ2v) is 6.84. The molecule has 1 aromatic heterocycles. The molecular formula is C22H35IN4O4. The lowest BCUT2D eigenvalue weighted by molar-refractivity contribution is 0.196. The number of nitrogens with one attached hydrogen (secondary N) is 2. The van der Waals surface area contributed by atoms with Crippen LogP contribution < -0.4 is 20.1 Å². The highest BCUT2D eigenvalue weighted by Crippen LogP contribution is 2.28. The molecule has 2 aromatic rings. The number of aromatic nitrogens is 1. The third-order valence-electron chi connectivity index (χ3n) is 4.75. The zero-order valence-corrected chi connectivity index (χ0v) is 21.1. The summed E-state index contributed by atoms with van der Waals surface area (Å²) in [5.74, 6) is 3.13. The van der Waals surface area contributed by atoms with E-state index in [2.05, 4.69) is 34.6 Å². The van der Waals surface area contributed by atoms with Crippen LogP contribution in [0, 0.1) is 0 Å². The van der Waals surface area contributed by atoms with E-state index in [1.165, 1.54) is 0 Å². The molecule has 174 valence electrons. The van der Waals surface area contributed by atoms with Crippen molar-refractivity contribution in [2.45, 2.75) is 52.6 Å². The number of rotatable bonds is 12. The van der Waals surface area contributed by atoms with E-state index < -0.39 is 0 Å². The first kappa shape index (κ1) is 27.0. The fraction of sp³-hybridized carbons (Fsp3) is 0.545. The highest BCUT2D eigenvalue weighted by Gasteiger charge is 2.13. The maximum absolute atomic E-state index is 8.92. The summed E-state index contributed by atoms with van der Waals surface area (Å²) in [6.45, 7) is 8.26. The predicted molar refractivity (Wildman–Crippen MR) is 132 cm³/mol. The quantitative estimate of drug-likeness (QED) is 0.211. The van der Waals surface area contributed by atoms with E-state index in [9.17, 15) is 0 Å². The smallest absolute Gasteiger partial charge is 0.191 e. The van der Waals surface area contributed by atoms with Crippen molar-refractivity contribution < 1.29 is 19.1 Å². The average Bonchev–Trinajstić information content (AvgIpc) is 3.24. The Morgan fingerprint density at radius 2 is 1.94 bits per heavy atom. The monoisotopic (exact) mass is 546 g/mol. The number of methoxy groups -OCH3 is 1. The maximum Gasteiger partial charge on any atom is 0.191 e. The second kappa shape index (κ2) is 14.9. The van der Waals surface area contributed by atoms with Gasteiger partial charge in [0, 0.05) is 18.5 Å². The number of aliphatic hydroxyl groups is 1. The summed E-state index contributed by atoms with van der Waals surface area (Å²) in [5, 5.41) is 19.6. The molecule has 8 nitrogen and oxygen atoms in total. The molecule has 0 fully saturated rings. The molecule has 0 saturated carbocycles. The minimum atomic E-state index is -0.0445. The van der Waals surface area contributed by atoms with Crippen LogP contribution in [0.15, 0.2) is 33.8 Å². The Hall–Kier alpha value is -2.01. The summed E-state index contributed by atoms with van der Waals surface area (Å²) < 4.78 is 16.3. The van der Waals surface area contributed by atoms with Crippen molar-refractivity contribution in [3.05, 3.63) is 41.3 Å². The average molecular weight is 546 g/mol. The maximum atomic E-state index is 8.92. The Kier molecular flexibility index (Phi) is 13.0. The van der Waals surface area contributed by atoms with Crippen LogP contribution in [0.3, 0.4) is 0 Å². The molecule has 0 amide bonds. The molecule has 0 aliphatic carbocycles. The number of guanidine groups is 1. The molecule has 0 saturated heterocycles.